The molecule has 0 aliphatic carbocycles. The van der Waals surface area contributed by atoms with Crippen molar-refractivity contribution < 1.29 is 4.79 Å². The van der Waals surface area contributed by atoms with E-state index in [1.807, 2.05) is 33.0 Å². The van der Waals surface area contributed by atoms with Gasteiger partial charge in [0.2, 0.25) is 0 Å². The van der Waals surface area contributed by atoms with E-state index in [9.17, 15) is 4.79 Å². The van der Waals surface area contributed by atoms with Crippen LogP contribution in [0.25, 0.3) is 0 Å². The molecule has 3 nitrogen and oxygen atoms in total. The highest BCUT2D eigenvalue weighted by atomic mass is 16.1. The Hall–Kier alpha value is -0.830. The number of rotatable bonds is 6. The molecule has 0 aromatic heterocycles. The number of nitrogens with one attached hydrogen (secondary N) is 1. The van der Waals surface area contributed by atoms with Crippen molar-refractivity contribution in [3.8, 4) is 0 Å². The van der Waals surface area contributed by atoms with E-state index in [4.69, 9.17) is 0 Å². The number of hydrogen-bond acceptors (Lipinski definition) is 3. The molecular formula is C11H22N2O. The predicted molar refractivity (Wildman–Crippen MR) is 59.7 cm³/mol. The van der Waals surface area contributed by atoms with Crippen LogP contribution in [0.15, 0.2) is 11.8 Å². The van der Waals surface area contributed by atoms with Crippen molar-refractivity contribution in [3.05, 3.63) is 11.8 Å². The molecular weight excluding hydrogens is 176 g/mol. The lowest BCUT2D eigenvalue weighted by Crippen LogP contribution is -2.30. The van der Waals surface area contributed by atoms with Crippen LogP contribution < -0.4 is 5.43 Å². The van der Waals surface area contributed by atoms with E-state index in [0.29, 0.717) is 0 Å². The van der Waals surface area contributed by atoms with E-state index in [2.05, 4.69) is 12.3 Å². The van der Waals surface area contributed by atoms with Crippen LogP contribution in [-0.4, -0.2) is 24.9 Å². The molecule has 0 aromatic carbocycles. The van der Waals surface area contributed by atoms with Crippen LogP contribution in [0.2, 0.25) is 0 Å². The molecule has 0 bridgehead atoms. The molecule has 14 heavy (non-hydrogen) atoms. The van der Waals surface area contributed by atoms with E-state index in [1.165, 1.54) is 0 Å². The minimum atomic E-state index is 0.0760. The topological polar surface area (TPSA) is 32.3 Å². The Bertz CT molecular complexity index is 209. The Morgan fingerprint density at radius 2 is 2.07 bits per heavy atom. The smallest absolute Gasteiger partial charge is 0.159 e. The van der Waals surface area contributed by atoms with Gasteiger partial charge in [-0.2, -0.15) is 0 Å². The van der Waals surface area contributed by atoms with Crippen molar-refractivity contribution in [2.24, 2.45) is 5.92 Å². The number of carbonyl (C=O) groups is 1. The molecule has 0 aromatic rings. The van der Waals surface area contributed by atoms with E-state index in [-0.39, 0.29) is 11.7 Å². The number of hydrogen-bond donors (Lipinski definition) is 1. The average Bonchev–Trinajstić information content (AvgIpc) is 2.15. The predicted octanol–water partition coefficient (Wildman–Crippen LogP) is 1.96. The molecule has 0 saturated heterocycles. The third-order valence-corrected chi connectivity index (χ3v) is 2.15. The van der Waals surface area contributed by atoms with Crippen LogP contribution in [0.3, 0.4) is 0 Å². The number of carbonyl (C=O) groups excluding carboxylic acids is 1. The standard InChI is InChI=1S/C11H22N2O/c1-6-7-10(13(5)12-4)8-11(14)9(2)3/h8-9,12H,6-7H2,1-5H3/b10-8+. The molecule has 0 saturated carbocycles. The van der Waals surface area contributed by atoms with E-state index >= 15 is 0 Å². The summed E-state index contributed by atoms with van der Waals surface area (Å²) >= 11 is 0. The lowest BCUT2D eigenvalue weighted by Gasteiger charge is -2.21. The van der Waals surface area contributed by atoms with Gasteiger partial charge in [0, 0.05) is 31.8 Å². The lowest BCUT2D eigenvalue weighted by atomic mass is 10.1. The Balaban J connectivity index is 4.54. The van der Waals surface area contributed by atoms with Crippen LogP contribution in [-0.2, 0) is 4.79 Å². The van der Waals surface area contributed by atoms with E-state index in [1.54, 1.807) is 6.08 Å². The van der Waals surface area contributed by atoms with Crippen molar-refractivity contribution in [1.29, 1.82) is 0 Å². The third-order valence-electron chi connectivity index (χ3n) is 2.15. The highest BCUT2D eigenvalue weighted by Gasteiger charge is 2.08. The minimum Gasteiger partial charge on any atom is -0.316 e. The molecule has 3 heteroatoms. The number of allylic oxidation sites excluding steroid dienone is 2. The Morgan fingerprint density at radius 3 is 2.43 bits per heavy atom. The summed E-state index contributed by atoms with van der Waals surface area (Å²) in [5.74, 6) is 0.266. The fraction of sp³-hybridized carbons (Fsp3) is 0.727. The first-order valence-electron chi connectivity index (χ1n) is 5.18. The maximum Gasteiger partial charge on any atom is 0.159 e. The quantitative estimate of drug-likeness (QED) is 0.523. The van der Waals surface area contributed by atoms with Crippen LogP contribution in [0, 0.1) is 5.92 Å². The highest BCUT2D eigenvalue weighted by molar-refractivity contribution is 5.91. The molecule has 0 spiro atoms. The first-order valence-corrected chi connectivity index (χ1v) is 5.18. The zero-order valence-electron chi connectivity index (χ0n) is 9.92. The summed E-state index contributed by atoms with van der Waals surface area (Å²) in [6.07, 6.45) is 3.71. The summed E-state index contributed by atoms with van der Waals surface area (Å²) in [5, 5.41) is 1.89. The molecule has 0 heterocycles. The second-order valence-corrected chi connectivity index (χ2v) is 3.73. The summed E-state index contributed by atoms with van der Waals surface area (Å²) in [7, 11) is 3.78. The first kappa shape index (κ1) is 13.2. The summed E-state index contributed by atoms with van der Waals surface area (Å²) < 4.78 is 0. The molecule has 82 valence electrons. The second-order valence-electron chi connectivity index (χ2n) is 3.73. The van der Waals surface area contributed by atoms with Gasteiger partial charge in [-0.1, -0.05) is 27.2 Å². The largest absolute Gasteiger partial charge is 0.316 e. The lowest BCUT2D eigenvalue weighted by molar-refractivity contribution is -0.117. The molecule has 0 radical (unpaired) electrons. The normalized spacial score (nSPS) is 12.0. The van der Waals surface area contributed by atoms with Gasteiger partial charge >= 0.3 is 0 Å². The Morgan fingerprint density at radius 1 is 1.50 bits per heavy atom. The van der Waals surface area contributed by atoms with Gasteiger partial charge in [-0.05, 0) is 6.42 Å². The number of nitrogens with zero attached hydrogens (tertiary/aromatic N) is 1. The first-order chi connectivity index (χ1) is 6.52. The summed E-state index contributed by atoms with van der Waals surface area (Å²) in [4.78, 5) is 11.5. The zero-order valence-corrected chi connectivity index (χ0v) is 9.92. The maximum absolute atomic E-state index is 11.5. The van der Waals surface area contributed by atoms with Gasteiger partial charge in [-0.3, -0.25) is 4.79 Å². The Kier molecular flexibility index (Phi) is 6.21. The fourth-order valence-corrected chi connectivity index (χ4v) is 1.07. The van der Waals surface area contributed by atoms with Crippen LogP contribution >= 0.6 is 0 Å². The van der Waals surface area contributed by atoms with Gasteiger partial charge in [0.1, 0.15) is 0 Å². The van der Waals surface area contributed by atoms with E-state index < -0.39 is 0 Å². The maximum atomic E-state index is 11.5. The van der Waals surface area contributed by atoms with Gasteiger partial charge in [0.15, 0.2) is 5.78 Å². The van der Waals surface area contributed by atoms with Crippen molar-refractivity contribution in [2.45, 2.75) is 33.6 Å². The molecule has 0 fully saturated rings. The second kappa shape index (κ2) is 6.60. The van der Waals surface area contributed by atoms with Gasteiger partial charge in [0.25, 0.3) is 0 Å². The third kappa shape index (κ3) is 4.42. The molecule has 0 unspecified atom stereocenters. The van der Waals surface area contributed by atoms with Gasteiger partial charge in [-0.25, -0.2) is 5.43 Å². The SMILES string of the molecule is CCC/C(=C\C(=O)C(C)C)N(C)NC. The molecule has 0 aliphatic heterocycles. The fourth-order valence-electron chi connectivity index (χ4n) is 1.07. The number of ketones is 1. The molecule has 1 N–H and O–H groups in total. The van der Waals surface area contributed by atoms with Crippen molar-refractivity contribution >= 4 is 5.78 Å². The van der Waals surface area contributed by atoms with E-state index in [0.717, 1.165) is 18.5 Å². The zero-order chi connectivity index (χ0) is 11.1. The molecule has 0 aliphatic rings. The van der Waals surface area contributed by atoms with Crippen LogP contribution in [0.1, 0.15) is 33.6 Å². The molecule has 0 rings (SSSR count). The molecule has 0 atom stereocenters. The van der Waals surface area contributed by atoms with Crippen molar-refractivity contribution in [2.75, 3.05) is 14.1 Å². The minimum absolute atomic E-state index is 0.0760. The van der Waals surface area contributed by atoms with Gasteiger partial charge < -0.3 is 5.01 Å². The average molecular weight is 198 g/mol. The summed E-state index contributed by atoms with van der Waals surface area (Å²) in [6.45, 7) is 5.95. The van der Waals surface area contributed by atoms with Crippen LogP contribution in [0.4, 0.5) is 0 Å². The van der Waals surface area contributed by atoms with Crippen molar-refractivity contribution in [1.82, 2.24) is 10.4 Å². The summed E-state index contributed by atoms with van der Waals surface area (Å²) in [5.41, 5.74) is 4.06. The van der Waals surface area contributed by atoms with Gasteiger partial charge in [-0.15, -0.1) is 0 Å². The van der Waals surface area contributed by atoms with Gasteiger partial charge in [0.05, 0.1) is 0 Å². The summed E-state index contributed by atoms with van der Waals surface area (Å²) in [6, 6.07) is 0. The highest BCUT2D eigenvalue weighted by Crippen LogP contribution is 2.09. The monoisotopic (exact) mass is 198 g/mol. The van der Waals surface area contributed by atoms with Crippen molar-refractivity contribution in [3.63, 3.8) is 0 Å². The Labute approximate surface area is 87.1 Å². The molecule has 0 amide bonds. The number of hydrazine groups is 1. The van der Waals surface area contributed by atoms with Crippen LogP contribution in [0.5, 0.6) is 0 Å².